The lowest BCUT2D eigenvalue weighted by Crippen LogP contribution is -2.10. The van der Waals surface area contributed by atoms with Gasteiger partial charge in [0.2, 0.25) is 5.43 Å². The summed E-state index contributed by atoms with van der Waals surface area (Å²) in [6.45, 7) is 3.72. The van der Waals surface area contributed by atoms with Crippen molar-refractivity contribution in [3.05, 3.63) is 39.7 Å². The SMILES string of the molecule is CCOC(=O)c1nnn(Cc2cc(=O)c(O)co2)c1C. The Morgan fingerprint density at radius 2 is 2.30 bits per heavy atom. The molecule has 0 aliphatic carbocycles. The molecule has 0 amide bonds. The normalized spacial score (nSPS) is 10.5. The van der Waals surface area contributed by atoms with Crippen LogP contribution in [0.25, 0.3) is 0 Å². The molecule has 0 saturated carbocycles. The lowest BCUT2D eigenvalue weighted by Gasteiger charge is -2.03. The van der Waals surface area contributed by atoms with Crippen molar-refractivity contribution in [1.29, 1.82) is 0 Å². The third kappa shape index (κ3) is 2.68. The molecule has 0 radical (unpaired) electrons. The monoisotopic (exact) mass is 279 g/mol. The molecular weight excluding hydrogens is 266 g/mol. The predicted octanol–water partition coefficient (Wildman–Crippen LogP) is 0.470. The van der Waals surface area contributed by atoms with Crippen LogP contribution in [0.2, 0.25) is 0 Å². The lowest BCUT2D eigenvalue weighted by molar-refractivity contribution is 0.0518. The quantitative estimate of drug-likeness (QED) is 0.810. The molecule has 1 N–H and O–H groups in total. The van der Waals surface area contributed by atoms with Crippen molar-refractivity contribution in [2.45, 2.75) is 20.4 Å². The van der Waals surface area contributed by atoms with Gasteiger partial charge in [-0.2, -0.15) is 0 Å². The molecule has 106 valence electrons. The van der Waals surface area contributed by atoms with E-state index in [1.165, 1.54) is 4.68 Å². The first kappa shape index (κ1) is 13.8. The van der Waals surface area contributed by atoms with E-state index in [2.05, 4.69) is 10.3 Å². The molecule has 0 saturated heterocycles. The Morgan fingerprint density at radius 1 is 1.55 bits per heavy atom. The molecule has 8 heteroatoms. The van der Waals surface area contributed by atoms with Crippen LogP contribution in [-0.2, 0) is 11.3 Å². The van der Waals surface area contributed by atoms with Gasteiger partial charge in [-0.25, -0.2) is 9.48 Å². The summed E-state index contributed by atoms with van der Waals surface area (Å²) < 4.78 is 11.3. The average Bonchev–Trinajstić information content (AvgIpc) is 2.76. The van der Waals surface area contributed by atoms with E-state index in [-0.39, 0.29) is 24.6 Å². The number of esters is 1. The molecule has 8 nitrogen and oxygen atoms in total. The zero-order valence-electron chi connectivity index (χ0n) is 11.0. The van der Waals surface area contributed by atoms with E-state index in [0.29, 0.717) is 5.69 Å². The highest BCUT2D eigenvalue weighted by Crippen LogP contribution is 2.09. The van der Waals surface area contributed by atoms with Crippen molar-refractivity contribution < 1.29 is 19.1 Å². The van der Waals surface area contributed by atoms with Gasteiger partial charge in [-0.1, -0.05) is 5.21 Å². The zero-order valence-corrected chi connectivity index (χ0v) is 11.0. The number of ether oxygens (including phenoxy) is 1. The van der Waals surface area contributed by atoms with Crippen molar-refractivity contribution >= 4 is 5.97 Å². The fourth-order valence-electron chi connectivity index (χ4n) is 1.57. The number of aromatic nitrogens is 3. The molecule has 2 rings (SSSR count). The summed E-state index contributed by atoms with van der Waals surface area (Å²) in [6, 6.07) is 1.15. The number of nitrogens with zero attached hydrogens (tertiary/aromatic N) is 3. The van der Waals surface area contributed by atoms with E-state index in [0.717, 1.165) is 12.3 Å². The molecule has 0 unspecified atom stereocenters. The van der Waals surface area contributed by atoms with Crippen LogP contribution in [0.1, 0.15) is 28.9 Å². The maximum absolute atomic E-state index is 11.6. The Balaban J connectivity index is 2.24. The van der Waals surface area contributed by atoms with E-state index < -0.39 is 17.1 Å². The number of aromatic hydroxyl groups is 1. The minimum absolute atomic E-state index is 0.118. The van der Waals surface area contributed by atoms with E-state index in [1.54, 1.807) is 13.8 Å². The van der Waals surface area contributed by atoms with Crippen molar-refractivity contribution in [2.75, 3.05) is 6.61 Å². The molecule has 20 heavy (non-hydrogen) atoms. The molecule has 0 bridgehead atoms. The Kier molecular flexibility index (Phi) is 3.83. The van der Waals surface area contributed by atoms with E-state index in [9.17, 15) is 9.59 Å². The highest BCUT2D eigenvalue weighted by molar-refractivity contribution is 5.88. The van der Waals surface area contributed by atoms with Crippen LogP contribution in [0.15, 0.2) is 21.5 Å². The third-order valence-corrected chi connectivity index (χ3v) is 2.62. The lowest BCUT2D eigenvalue weighted by atomic mass is 10.3. The molecule has 0 atom stereocenters. The van der Waals surface area contributed by atoms with E-state index >= 15 is 0 Å². The fourth-order valence-corrected chi connectivity index (χ4v) is 1.57. The molecule has 0 spiro atoms. The summed E-state index contributed by atoms with van der Waals surface area (Å²) in [4.78, 5) is 22.9. The second-order valence-corrected chi connectivity index (χ2v) is 4.00. The molecule has 2 heterocycles. The second-order valence-electron chi connectivity index (χ2n) is 4.00. The van der Waals surface area contributed by atoms with Gasteiger partial charge in [0.1, 0.15) is 18.6 Å². The van der Waals surface area contributed by atoms with Crippen LogP contribution in [0.4, 0.5) is 0 Å². The number of rotatable bonds is 4. The van der Waals surface area contributed by atoms with Crippen LogP contribution in [0.3, 0.4) is 0 Å². The van der Waals surface area contributed by atoms with Gasteiger partial charge in [0, 0.05) is 6.07 Å². The smallest absolute Gasteiger partial charge is 0.360 e. The standard InChI is InChI=1S/C12H13N3O5/c1-3-19-12(18)11-7(2)15(14-13-11)5-8-4-9(16)10(17)6-20-8/h4,6,17H,3,5H2,1-2H3. The topological polar surface area (TPSA) is 107 Å². The average molecular weight is 279 g/mol. The van der Waals surface area contributed by atoms with Gasteiger partial charge >= 0.3 is 5.97 Å². The van der Waals surface area contributed by atoms with Crippen LogP contribution >= 0.6 is 0 Å². The van der Waals surface area contributed by atoms with Gasteiger partial charge < -0.3 is 14.3 Å². The highest BCUT2D eigenvalue weighted by atomic mass is 16.5. The number of carbonyl (C=O) groups excluding carboxylic acids is 1. The first-order valence-electron chi connectivity index (χ1n) is 5.90. The Hall–Kier alpha value is -2.64. The van der Waals surface area contributed by atoms with Crippen LogP contribution in [-0.4, -0.2) is 32.7 Å². The molecule has 0 aliphatic heterocycles. The summed E-state index contributed by atoms with van der Waals surface area (Å²) in [5.41, 5.74) is 0.0711. The highest BCUT2D eigenvalue weighted by Gasteiger charge is 2.18. The van der Waals surface area contributed by atoms with Gasteiger partial charge in [0.25, 0.3) is 0 Å². The largest absolute Gasteiger partial charge is 0.502 e. The number of hydrogen-bond acceptors (Lipinski definition) is 7. The Bertz CT molecular complexity index is 689. The zero-order chi connectivity index (χ0) is 14.7. The summed E-state index contributed by atoms with van der Waals surface area (Å²) in [5, 5.41) is 16.6. The molecule has 2 aromatic heterocycles. The van der Waals surface area contributed by atoms with Crippen LogP contribution < -0.4 is 5.43 Å². The summed E-state index contributed by atoms with van der Waals surface area (Å²) in [5.74, 6) is -0.726. The Labute approximate surface area is 113 Å². The van der Waals surface area contributed by atoms with E-state index in [1.807, 2.05) is 0 Å². The number of carbonyl (C=O) groups is 1. The molecule has 2 aromatic rings. The minimum atomic E-state index is -0.552. The second kappa shape index (κ2) is 5.55. The first-order chi connectivity index (χ1) is 9.52. The van der Waals surface area contributed by atoms with Gasteiger partial charge in [-0.15, -0.1) is 5.10 Å². The summed E-state index contributed by atoms with van der Waals surface area (Å²) in [6.07, 6.45) is 0.955. The summed E-state index contributed by atoms with van der Waals surface area (Å²) >= 11 is 0. The maximum atomic E-state index is 11.6. The van der Waals surface area contributed by atoms with Gasteiger partial charge in [-0.3, -0.25) is 4.79 Å². The van der Waals surface area contributed by atoms with Gasteiger partial charge in [0.05, 0.1) is 12.3 Å². The number of hydrogen-bond donors (Lipinski definition) is 1. The van der Waals surface area contributed by atoms with Gasteiger partial charge in [0.15, 0.2) is 11.4 Å². The molecular formula is C12H13N3O5. The maximum Gasteiger partial charge on any atom is 0.360 e. The third-order valence-electron chi connectivity index (χ3n) is 2.62. The van der Waals surface area contributed by atoms with E-state index in [4.69, 9.17) is 14.3 Å². The predicted molar refractivity (Wildman–Crippen MR) is 66.5 cm³/mol. The fraction of sp³-hybridized carbons (Fsp3) is 0.333. The van der Waals surface area contributed by atoms with Crippen LogP contribution in [0.5, 0.6) is 5.75 Å². The van der Waals surface area contributed by atoms with Crippen molar-refractivity contribution in [3.63, 3.8) is 0 Å². The molecule has 0 aliphatic rings. The van der Waals surface area contributed by atoms with Gasteiger partial charge in [-0.05, 0) is 13.8 Å². The Morgan fingerprint density at radius 3 is 2.95 bits per heavy atom. The van der Waals surface area contributed by atoms with Crippen molar-refractivity contribution in [1.82, 2.24) is 15.0 Å². The van der Waals surface area contributed by atoms with Crippen LogP contribution in [0, 0.1) is 6.92 Å². The van der Waals surface area contributed by atoms with Crippen molar-refractivity contribution in [2.24, 2.45) is 0 Å². The molecule has 0 aromatic carbocycles. The first-order valence-corrected chi connectivity index (χ1v) is 5.90. The summed E-state index contributed by atoms with van der Waals surface area (Å²) in [7, 11) is 0. The van der Waals surface area contributed by atoms with Crippen molar-refractivity contribution in [3.8, 4) is 5.75 Å². The minimum Gasteiger partial charge on any atom is -0.502 e. The molecule has 0 fully saturated rings.